The molecule has 1 aliphatic rings. The summed E-state index contributed by atoms with van der Waals surface area (Å²) in [5.74, 6) is 0. The molecule has 0 unspecified atom stereocenters. The van der Waals surface area contributed by atoms with E-state index in [1.165, 1.54) is 0 Å². The lowest BCUT2D eigenvalue weighted by molar-refractivity contribution is -1.09. The summed E-state index contributed by atoms with van der Waals surface area (Å²) < 4.78 is 0. The van der Waals surface area contributed by atoms with Gasteiger partial charge >= 0.3 is 6.47 Å². The Bertz CT molecular complexity index is 143. The second-order valence-electron chi connectivity index (χ2n) is 2.50. The van der Waals surface area contributed by atoms with Crippen LogP contribution in [0.2, 0.25) is 0 Å². The molecule has 64 valence electrons. The minimum Gasteiger partial charge on any atom is -0.634 e. The Balaban J connectivity index is 2.41. The first-order valence-corrected chi connectivity index (χ1v) is 3.38. The molecule has 1 rings (SSSR count). The smallest absolute Gasteiger partial charge is 0.355 e. The quantitative estimate of drug-likeness (QED) is 0.283. The molecule has 0 aromatic heterocycles. The Hall–Kier alpha value is -0.690. The number of hydroxylamine groups is 6. The maximum atomic E-state index is 11.2. The highest BCUT2D eigenvalue weighted by Gasteiger charge is 2.26. The zero-order valence-corrected chi connectivity index (χ0v) is 5.99. The summed E-state index contributed by atoms with van der Waals surface area (Å²) in [6.45, 7) is 0.645. The largest absolute Gasteiger partial charge is 0.634 e. The van der Waals surface area contributed by atoms with Crippen molar-refractivity contribution in [2.45, 2.75) is 0 Å². The molecule has 6 heteroatoms. The van der Waals surface area contributed by atoms with Crippen molar-refractivity contribution in [1.29, 1.82) is 0 Å². The second kappa shape index (κ2) is 3.14. The zero-order valence-electron chi connectivity index (χ0n) is 5.99. The average Bonchev–Trinajstić information content (AvgIpc) is 1.97. The molecule has 0 radical (unpaired) electrons. The third-order valence-electron chi connectivity index (χ3n) is 1.70. The van der Waals surface area contributed by atoms with Crippen LogP contribution in [0.3, 0.4) is 0 Å². The predicted molar refractivity (Wildman–Crippen MR) is 34.6 cm³/mol. The van der Waals surface area contributed by atoms with Gasteiger partial charge in [0, 0.05) is 0 Å². The van der Waals surface area contributed by atoms with Gasteiger partial charge in [0.2, 0.25) is 0 Å². The van der Waals surface area contributed by atoms with Crippen LogP contribution in [0, 0.1) is 10.4 Å². The number of carbonyl (C=O) groups is 1. The molecule has 1 saturated heterocycles. The summed E-state index contributed by atoms with van der Waals surface area (Å²) in [7, 11) is 0. The minimum atomic E-state index is -1.00. The van der Waals surface area contributed by atoms with Crippen LogP contribution >= 0.6 is 0 Å². The van der Waals surface area contributed by atoms with Crippen LogP contribution in [0.4, 0.5) is 0 Å². The molecule has 0 aromatic carbocycles. The molecular formula is C5H10N2O4. The van der Waals surface area contributed by atoms with Gasteiger partial charge in [0.05, 0.1) is 0 Å². The van der Waals surface area contributed by atoms with Crippen LogP contribution in [-0.4, -0.2) is 37.5 Å². The Labute approximate surface area is 63.6 Å². The van der Waals surface area contributed by atoms with E-state index in [4.69, 9.17) is 0 Å². The van der Waals surface area contributed by atoms with Crippen molar-refractivity contribution in [3.05, 3.63) is 10.4 Å². The van der Waals surface area contributed by atoms with E-state index in [0.29, 0.717) is 0 Å². The van der Waals surface area contributed by atoms with Gasteiger partial charge in [-0.15, -0.1) is 0 Å². The van der Waals surface area contributed by atoms with Gasteiger partial charge in [-0.25, -0.2) is 4.79 Å². The van der Waals surface area contributed by atoms with Crippen molar-refractivity contribution in [3.63, 3.8) is 0 Å². The first-order chi connectivity index (χ1) is 5.16. The summed E-state index contributed by atoms with van der Waals surface area (Å²) in [5, 5.41) is 21.9. The molecule has 0 atom stereocenters. The second-order valence-corrected chi connectivity index (χ2v) is 2.50. The Morgan fingerprint density at radius 1 is 1.45 bits per heavy atom. The Morgan fingerprint density at radius 2 is 2.00 bits per heavy atom. The molecule has 0 amide bonds. The fourth-order valence-corrected chi connectivity index (χ4v) is 1.01. The van der Waals surface area contributed by atoms with E-state index in [1.807, 2.05) is 0 Å². The molecule has 0 bridgehead atoms. The zero-order chi connectivity index (χ0) is 8.32. The van der Waals surface area contributed by atoms with E-state index in [2.05, 4.69) is 4.84 Å². The van der Waals surface area contributed by atoms with Crippen molar-refractivity contribution >= 4 is 6.47 Å². The molecule has 6 nitrogen and oxygen atoms in total. The van der Waals surface area contributed by atoms with E-state index >= 15 is 0 Å². The number of carbonyl (C=O) groups excluding carboxylic acids is 1. The highest BCUT2D eigenvalue weighted by molar-refractivity contribution is 5.35. The average molecular weight is 162 g/mol. The van der Waals surface area contributed by atoms with Gasteiger partial charge in [0.15, 0.2) is 13.1 Å². The number of piperazine rings is 1. The van der Waals surface area contributed by atoms with E-state index < -0.39 is 4.81 Å². The van der Waals surface area contributed by atoms with Gasteiger partial charge < -0.3 is 15.5 Å². The molecule has 1 N–H and O–H groups in total. The van der Waals surface area contributed by atoms with E-state index in [9.17, 15) is 15.2 Å². The van der Waals surface area contributed by atoms with Crippen LogP contribution in [0.5, 0.6) is 0 Å². The number of quaternary nitrogens is 2. The standard InChI is InChI=1S/C5H10N2O4/c8-5-11-7(10)3-1-6(9)2-4-7/h5-6H,1-4H2. The van der Waals surface area contributed by atoms with Crippen LogP contribution in [0.15, 0.2) is 0 Å². The summed E-state index contributed by atoms with van der Waals surface area (Å²) in [4.78, 5) is 13.1. The van der Waals surface area contributed by atoms with Crippen molar-refractivity contribution in [2.24, 2.45) is 0 Å². The molecule has 1 aliphatic heterocycles. The SMILES string of the molecule is O=CO[N+]1([O-])CC[NH+]([O-])CC1. The summed E-state index contributed by atoms with van der Waals surface area (Å²) in [5.41, 5.74) is 0. The maximum absolute atomic E-state index is 11.2. The van der Waals surface area contributed by atoms with E-state index in [1.54, 1.807) is 0 Å². The summed E-state index contributed by atoms with van der Waals surface area (Å²) in [6.07, 6.45) is 0. The van der Waals surface area contributed by atoms with Gasteiger partial charge in [-0.1, -0.05) is 0 Å². The summed E-state index contributed by atoms with van der Waals surface area (Å²) in [6, 6.07) is 0. The first kappa shape index (κ1) is 8.41. The maximum Gasteiger partial charge on any atom is 0.355 e. The lowest BCUT2D eigenvalue weighted by Crippen LogP contribution is -3.11. The minimum absolute atomic E-state index is 0.0531. The highest BCUT2D eigenvalue weighted by Crippen LogP contribution is 2.03. The lowest BCUT2D eigenvalue weighted by atomic mass is 10.4. The molecular weight excluding hydrogens is 152 g/mol. The van der Waals surface area contributed by atoms with Crippen molar-refractivity contribution in [2.75, 3.05) is 26.2 Å². The molecule has 0 spiro atoms. The topological polar surface area (TPSA) is 76.9 Å². The van der Waals surface area contributed by atoms with Crippen molar-refractivity contribution in [3.8, 4) is 0 Å². The van der Waals surface area contributed by atoms with Crippen LogP contribution in [0.25, 0.3) is 0 Å². The van der Waals surface area contributed by atoms with Gasteiger partial charge in [-0.05, 0) is 0 Å². The molecule has 11 heavy (non-hydrogen) atoms. The molecule has 1 fully saturated rings. The molecule has 1 heterocycles. The first-order valence-electron chi connectivity index (χ1n) is 3.38. The van der Waals surface area contributed by atoms with Crippen molar-refractivity contribution in [1.82, 2.24) is 0 Å². The lowest BCUT2D eigenvalue weighted by Gasteiger charge is -2.41. The fraction of sp³-hybridized carbons (Fsp3) is 0.800. The molecule has 0 aromatic rings. The number of rotatable bonds is 2. The van der Waals surface area contributed by atoms with Crippen LogP contribution < -0.4 is 5.06 Å². The Morgan fingerprint density at radius 3 is 2.45 bits per heavy atom. The van der Waals surface area contributed by atoms with Gasteiger partial charge in [-0.2, -0.15) is 4.81 Å². The van der Waals surface area contributed by atoms with Gasteiger partial charge in [0.1, 0.15) is 13.1 Å². The number of hydrogen-bond acceptors (Lipinski definition) is 4. The Kier molecular flexibility index (Phi) is 2.40. The predicted octanol–water partition coefficient (Wildman–Crippen LogP) is -2.21. The molecule has 0 aliphatic carbocycles. The highest BCUT2D eigenvalue weighted by atomic mass is 16.9. The monoisotopic (exact) mass is 162 g/mol. The van der Waals surface area contributed by atoms with Crippen LogP contribution in [-0.2, 0) is 9.63 Å². The number of hydrogen-bond donors (Lipinski definition) is 1. The van der Waals surface area contributed by atoms with Gasteiger partial charge in [0.25, 0.3) is 0 Å². The number of nitrogens with one attached hydrogen (secondary N) is 1. The van der Waals surface area contributed by atoms with E-state index in [0.717, 1.165) is 0 Å². The number of nitrogens with zero attached hydrogens (tertiary/aromatic N) is 1. The van der Waals surface area contributed by atoms with Crippen LogP contribution in [0.1, 0.15) is 0 Å². The third kappa shape index (κ3) is 2.12. The summed E-state index contributed by atoms with van der Waals surface area (Å²) >= 11 is 0. The normalized spacial score (nSPS) is 38.2. The van der Waals surface area contributed by atoms with E-state index in [-0.39, 0.29) is 37.7 Å². The third-order valence-corrected chi connectivity index (χ3v) is 1.70. The molecule has 0 saturated carbocycles. The van der Waals surface area contributed by atoms with Gasteiger partial charge in [-0.3, -0.25) is 4.84 Å². The van der Waals surface area contributed by atoms with Crippen molar-refractivity contribution < 1.29 is 19.5 Å². The fourth-order valence-electron chi connectivity index (χ4n) is 1.01.